The molecule has 1 aromatic heterocycles. The standard InChI is InChI=1S/C15H22N4O/c1-15(2)7-10-6-11(8-17-13(10)18-15)14(20)19-5-4-12(9-19)16-3/h6,8,12,16H,4-5,7,9H2,1-3H3,(H,17,18). The monoisotopic (exact) mass is 274 g/mol. The first-order valence-corrected chi connectivity index (χ1v) is 7.22. The van der Waals surface area contributed by atoms with E-state index in [1.807, 2.05) is 18.0 Å². The Kier molecular flexibility index (Phi) is 3.17. The van der Waals surface area contributed by atoms with Crippen molar-refractivity contribution in [2.24, 2.45) is 0 Å². The van der Waals surface area contributed by atoms with E-state index >= 15 is 0 Å². The Hall–Kier alpha value is -1.62. The van der Waals surface area contributed by atoms with E-state index in [1.54, 1.807) is 6.20 Å². The van der Waals surface area contributed by atoms with Gasteiger partial charge in [0.05, 0.1) is 5.56 Å². The third-order valence-corrected chi connectivity index (χ3v) is 4.19. The quantitative estimate of drug-likeness (QED) is 0.852. The fourth-order valence-electron chi connectivity index (χ4n) is 3.08. The highest BCUT2D eigenvalue weighted by molar-refractivity contribution is 5.94. The van der Waals surface area contributed by atoms with Gasteiger partial charge in [-0.05, 0) is 45.4 Å². The average Bonchev–Trinajstić information content (AvgIpc) is 2.98. The van der Waals surface area contributed by atoms with E-state index in [2.05, 4.69) is 29.5 Å². The Labute approximate surface area is 119 Å². The molecule has 1 unspecified atom stereocenters. The molecule has 0 radical (unpaired) electrons. The largest absolute Gasteiger partial charge is 0.365 e. The highest BCUT2D eigenvalue weighted by Gasteiger charge is 2.31. The first-order chi connectivity index (χ1) is 9.48. The van der Waals surface area contributed by atoms with E-state index in [0.717, 1.165) is 37.3 Å². The van der Waals surface area contributed by atoms with Gasteiger partial charge >= 0.3 is 0 Å². The summed E-state index contributed by atoms with van der Waals surface area (Å²) < 4.78 is 0. The smallest absolute Gasteiger partial charge is 0.255 e. The van der Waals surface area contributed by atoms with Crippen LogP contribution in [0.4, 0.5) is 5.82 Å². The summed E-state index contributed by atoms with van der Waals surface area (Å²) in [4.78, 5) is 18.8. The van der Waals surface area contributed by atoms with Crippen molar-refractivity contribution in [1.82, 2.24) is 15.2 Å². The number of hydrogen-bond donors (Lipinski definition) is 2. The van der Waals surface area contributed by atoms with E-state index in [1.165, 1.54) is 0 Å². The maximum absolute atomic E-state index is 12.5. The van der Waals surface area contributed by atoms with Crippen molar-refractivity contribution in [3.63, 3.8) is 0 Å². The van der Waals surface area contributed by atoms with Gasteiger partial charge in [0.25, 0.3) is 5.91 Å². The number of pyridine rings is 1. The van der Waals surface area contributed by atoms with Crippen LogP contribution in [-0.2, 0) is 6.42 Å². The van der Waals surface area contributed by atoms with Crippen LogP contribution < -0.4 is 10.6 Å². The third-order valence-electron chi connectivity index (χ3n) is 4.19. The average molecular weight is 274 g/mol. The van der Waals surface area contributed by atoms with Crippen molar-refractivity contribution in [3.8, 4) is 0 Å². The lowest BCUT2D eigenvalue weighted by atomic mass is 10.00. The van der Waals surface area contributed by atoms with Crippen molar-refractivity contribution in [2.45, 2.75) is 38.3 Å². The lowest BCUT2D eigenvalue weighted by molar-refractivity contribution is 0.0789. The minimum atomic E-state index is 0.0296. The first kappa shape index (κ1) is 13.4. The molecule has 0 aromatic carbocycles. The number of amides is 1. The van der Waals surface area contributed by atoms with E-state index in [4.69, 9.17) is 0 Å². The summed E-state index contributed by atoms with van der Waals surface area (Å²) in [6, 6.07) is 2.42. The van der Waals surface area contributed by atoms with E-state index in [-0.39, 0.29) is 11.4 Å². The summed E-state index contributed by atoms with van der Waals surface area (Å²) in [7, 11) is 1.95. The van der Waals surface area contributed by atoms with Crippen molar-refractivity contribution in [3.05, 3.63) is 23.4 Å². The Balaban J connectivity index is 1.78. The highest BCUT2D eigenvalue weighted by Crippen LogP contribution is 2.30. The Morgan fingerprint density at radius 1 is 1.55 bits per heavy atom. The van der Waals surface area contributed by atoms with Gasteiger partial charge < -0.3 is 15.5 Å². The fraction of sp³-hybridized carbons (Fsp3) is 0.600. The highest BCUT2D eigenvalue weighted by atomic mass is 16.2. The van der Waals surface area contributed by atoms with E-state index in [9.17, 15) is 4.79 Å². The molecule has 1 atom stereocenters. The Bertz CT molecular complexity index is 541. The van der Waals surface area contributed by atoms with E-state index < -0.39 is 0 Å². The number of likely N-dealkylation sites (N-methyl/N-ethyl adjacent to an activating group) is 1. The maximum Gasteiger partial charge on any atom is 0.255 e. The number of carbonyl (C=O) groups is 1. The molecular weight excluding hydrogens is 252 g/mol. The molecule has 2 aliphatic rings. The molecule has 1 aromatic rings. The van der Waals surface area contributed by atoms with Crippen LogP contribution in [0.5, 0.6) is 0 Å². The van der Waals surface area contributed by atoms with Crippen LogP contribution in [0.25, 0.3) is 0 Å². The number of nitrogens with zero attached hydrogens (tertiary/aromatic N) is 2. The van der Waals surface area contributed by atoms with Gasteiger partial charge in [-0.15, -0.1) is 0 Å². The van der Waals surface area contributed by atoms with Gasteiger partial charge in [0, 0.05) is 30.9 Å². The number of carbonyl (C=O) groups excluding carboxylic acids is 1. The summed E-state index contributed by atoms with van der Waals surface area (Å²) in [5.41, 5.74) is 1.88. The molecule has 2 aliphatic heterocycles. The van der Waals surface area contributed by atoms with Crippen LogP contribution in [0.1, 0.15) is 36.2 Å². The van der Waals surface area contributed by atoms with Gasteiger partial charge in [-0.1, -0.05) is 0 Å². The number of hydrogen-bond acceptors (Lipinski definition) is 4. The molecular formula is C15H22N4O. The van der Waals surface area contributed by atoms with Crippen LogP contribution in [0.3, 0.4) is 0 Å². The van der Waals surface area contributed by atoms with Gasteiger partial charge in [0.2, 0.25) is 0 Å². The molecule has 3 heterocycles. The van der Waals surface area contributed by atoms with Crippen LogP contribution in [-0.4, -0.2) is 47.5 Å². The van der Waals surface area contributed by atoms with Gasteiger partial charge in [0.15, 0.2) is 0 Å². The minimum Gasteiger partial charge on any atom is -0.365 e. The zero-order valence-electron chi connectivity index (χ0n) is 12.4. The molecule has 1 amide bonds. The molecule has 5 nitrogen and oxygen atoms in total. The number of anilines is 1. The summed E-state index contributed by atoms with van der Waals surface area (Å²) in [6.07, 6.45) is 3.63. The Morgan fingerprint density at radius 3 is 3.05 bits per heavy atom. The molecule has 20 heavy (non-hydrogen) atoms. The third kappa shape index (κ3) is 2.38. The number of aromatic nitrogens is 1. The van der Waals surface area contributed by atoms with Gasteiger partial charge in [-0.2, -0.15) is 0 Å². The van der Waals surface area contributed by atoms with Gasteiger partial charge in [-0.3, -0.25) is 4.79 Å². The van der Waals surface area contributed by atoms with Gasteiger partial charge in [-0.25, -0.2) is 4.98 Å². The lowest BCUT2D eigenvalue weighted by Gasteiger charge is -2.17. The van der Waals surface area contributed by atoms with E-state index in [0.29, 0.717) is 11.6 Å². The minimum absolute atomic E-state index is 0.0296. The number of nitrogens with one attached hydrogen (secondary N) is 2. The number of rotatable bonds is 2. The predicted octanol–water partition coefficient (Wildman–Crippen LogP) is 1.26. The van der Waals surface area contributed by atoms with Crippen molar-refractivity contribution in [1.29, 1.82) is 0 Å². The van der Waals surface area contributed by atoms with Crippen LogP contribution in [0.15, 0.2) is 12.3 Å². The molecule has 3 rings (SSSR count). The molecule has 0 spiro atoms. The summed E-state index contributed by atoms with van der Waals surface area (Å²) >= 11 is 0. The second-order valence-electron chi connectivity index (χ2n) is 6.44. The molecule has 5 heteroatoms. The molecule has 108 valence electrons. The lowest BCUT2D eigenvalue weighted by Crippen LogP contribution is -2.33. The number of likely N-dealkylation sites (tertiary alicyclic amines) is 1. The molecule has 0 saturated carbocycles. The second kappa shape index (κ2) is 4.74. The summed E-state index contributed by atoms with van der Waals surface area (Å²) in [6.45, 7) is 5.91. The van der Waals surface area contributed by atoms with Crippen LogP contribution in [0.2, 0.25) is 0 Å². The molecule has 1 fully saturated rings. The summed E-state index contributed by atoms with van der Waals surface area (Å²) in [5.74, 6) is 1.02. The number of fused-ring (bicyclic) bond motifs is 1. The zero-order valence-corrected chi connectivity index (χ0v) is 12.4. The van der Waals surface area contributed by atoms with Gasteiger partial charge in [0.1, 0.15) is 5.82 Å². The SMILES string of the molecule is CNC1CCN(C(=O)c2cnc3c(c2)CC(C)(C)N3)C1. The maximum atomic E-state index is 12.5. The van der Waals surface area contributed by atoms with Crippen LogP contribution >= 0.6 is 0 Å². The fourth-order valence-corrected chi connectivity index (χ4v) is 3.08. The van der Waals surface area contributed by atoms with Crippen molar-refractivity contribution >= 4 is 11.7 Å². The van der Waals surface area contributed by atoms with Crippen LogP contribution in [0, 0.1) is 0 Å². The normalized spacial score (nSPS) is 23.6. The molecule has 2 N–H and O–H groups in total. The molecule has 0 bridgehead atoms. The molecule has 0 aliphatic carbocycles. The predicted molar refractivity (Wildman–Crippen MR) is 79.0 cm³/mol. The summed E-state index contributed by atoms with van der Waals surface area (Å²) in [5, 5.41) is 6.61. The Morgan fingerprint density at radius 2 is 2.35 bits per heavy atom. The van der Waals surface area contributed by atoms with Crippen molar-refractivity contribution < 1.29 is 4.79 Å². The zero-order chi connectivity index (χ0) is 14.3. The second-order valence-corrected chi connectivity index (χ2v) is 6.44. The first-order valence-electron chi connectivity index (χ1n) is 7.22. The molecule has 1 saturated heterocycles. The topological polar surface area (TPSA) is 57.3 Å². The van der Waals surface area contributed by atoms with Crippen molar-refractivity contribution in [2.75, 3.05) is 25.5 Å².